The summed E-state index contributed by atoms with van der Waals surface area (Å²) in [5, 5.41) is 0. The van der Waals surface area contributed by atoms with Crippen molar-refractivity contribution < 1.29 is 4.39 Å². The molecule has 2 aromatic rings. The van der Waals surface area contributed by atoms with Gasteiger partial charge in [0.2, 0.25) is 0 Å². The Bertz CT molecular complexity index is 535. The predicted octanol–water partition coefficient (Wildman–Crippen LogP) is 3.35. The largest absolute Gasteiger partial charge is 0.399 e. The van der Waals surface area contributed by atoms with Crippen molar-refractivity contribution in [2.45, 2.75) is 13.5 Å². The Morgan fingerprint density at radius 3 is 2.44 bits per heavy atom. The maximum atomic E-state index is 12.9. The zero-order valence-corrected chi connectivity index (χ0v) is 10.7. The molecule has 0 saturated heterocycles. The quantitative estimate of drug-likeness (QED) is 0.839. The predicted molar refractivity (Wildman–Crippen MR) is 74.1 cm³/mol. The lowest BCUT2D eigenvalue weighted by Gasteiger charge is -2.21. The molecule has 0 heterocycles. The number of halogens is 1. The number of nitrogens with two attached hydrogens (primary N) is 1. The molecule has 0 aliphatic heterocycles. The maximum Gasteiger partial charge on any atom is 0.123 e. The van der Waals surface area contributed by atoms with Gasteiger partial charge < -0.3 is 10.6 Å². The molecule has 0 saturated carbocycles. The van der Waals surface area contributed by atoms with E-state index in [0.717, 1.165) is 23.5 Å². The van der Waals surface area contributed by atoms with Crippen molar-refractivity contribution in [2.24, 2.45) is 0 Å². The van der Waals surface area contributed by atoms with Crippen molar-refractivity contribution in [3.63, 3.8) is 0 Å². The first-order valence-corrected chi connectivity index (χ1v) is 5.88. The molecule has 0 amide bonds. The van der Waals surface area contributed by atoms with Gasteiger partial charge in [0.05, 0.1) is 0 Å². The van der Waals surface area contributed by atoms with E-state index >= 15 is 0 Å². The summed E-state index contributed by atoms with van der Waals surface area (Å²) in [6.07, 6.45) is 0. The molecule has 0 atom stereocenters. The first kappa shape index (κ1) is 12.4. The van der Waals surface area contributed by atoms with Crippen molar-refractivity contribution in [2.75, 3.05) is 17.7 Å². The molecule has 2 rings (SSSR count). The molecular formula is C15H17FN2. The summed E-state index contributed by atoms with van der Waals surface area (Å²) in [4.78, 5) is 2.07. The van der Waals surface area contributed by atoms with Gasteiger partial charge in [0.25, 0.3) is 0 Å². The van der Waals surface area contributed by atoms with Gasteiger partial charge in [0.1, 0.15) is 5.82 Å². The number of hydrogen-bond acceptors (Lipinski definition) is 2. The van der Waals surface area contributed by atoms with Crippen molar-refractivity contribution in [1.82, 2.24) is 0 Å². The first-order valence-electron chi connectivity index (χ1n) is 5.88. The van der Waals surface area contributed by atoms with E-state index < -0.39 is 0 Å². The van der Waals surface area contributed by atoms with Crippen molar-refractivity contribution in [3.05, 3.63) is 59.4 Å². The van der Waals surface area contributed by atoms with Crippen LogP contribution in [0.4, 0.5) is 15.8 Å². The van der Waals surface area contributed by atoms with Crippen LogP contribution in [0.5, 0.6) is 0 Å². The third-order valence-electron chi connectivity index (χ3n) is 3.16. The Hall–Kier alpha value is -2.03. The fourth-order valence-corrected chi connectivity index (χ4v) is 1.92. The topological polar surface area (TPSA) is 29.3 Å². The second-order valence-corrected chi connectivity index (χ2v) is 4.46. The summed E-state index contributed by atoms with van der Waals surface area (Å²) in [6, 6.07) is 12.4. The smallest absolute Gasteiger partial charge is 0.123 e. The molecule has 18 heavy (non-hydrogen) atoms. The molecule has 0 aliphatic carbocycles. The van der Waals surface area contributed by atoms with E-state index in [9.17, 15) is 4.39 Å². The van der Waals surface area contributed by atoms with Crippen LogP contribution in [-0.4, -0.2) is 7.05 Å². The average molecular weight is 244 g/mol. The minimum atomic E-state index is -0.215. The Morgan fingerprint density at radius 2 is 1.78 bits per heavy atom. The van der Waals surface area contributed by atoms with Crippen LogP contribution in [0.15, 0.2) is 42.5 Å². The molecule has 2 N–H and O–H groups in total. The minimum absolute atomic E-state index is 0.215. The highest BCUT2D eigenvalue weighted by molar-refractivity contribution is 5.52. The summed E-state index contributed by atoms with van der Waals surface area (Å²) >= 11 is 0. The van der Waals surface area contributed by atoms with Gasteiger partial charge in [0, 0.05) is 25.0 Å². The zero-order valence-electron chi connectivity index (χ0n) is 10.7. The first-order chi connectivity index (χ1) is 8.58. The monoisotopic (exact) mass is 244 g/mol. The molecule has 0 radical (unpaired) electrons. The van der Waals surface area contributed by atoms with Crippen LogP contribution in [0.1, 0.15) is 11.1 Å². The number of nitrogen functional groups attached to an aromatic ring is 1. The SMILES string of the molecule is Cc1c(N)cccc1CN(C)c1ccc(F)cc1. The van der Waals surface area contributed by atoms with Gasteiger partial charge >= 0.3 is 0 Å². The molecule has 2 nitrogen and oxygen atoms in total. The highest BCUT2D eigenvalue weighted by Crippen LogP contribution is 2.20. The molecule has 0 fully saturated rings. The molecular weight excluding hydrogens is 227 g/mol. The number of hydrogen-bond donors (Lipinski definition) is 1. The van der Waals surface area contributed by atoms with Gasteiger partial charge in [-0.25, -0.2) is 4.39 Å². The minimum Gasteiger partial charge on any atom is -0.399 e. The fourth-order valence-electron chi connectivity index (χ4n) is 1.92. The lowest BCUT2D eigenvalue weighted by Crippen LogP contribution is -2.17. The van der Waals surface area contributed by atoms with Gasteiger partial charge in [-0.05, 0) is 48.4 Å². The van der Waals surface area contributed by atoms with Crippen LogP contribution >= 0.6 is 0 Å². The molecule has 3 heteroatoms. The molecule has 0 aliphatic rings. The van der Waals surface area contributed by atoms with Gasteiger partial charge in [-0.2, -0.15) is 0 Å². The Morgan fingerprint density at radius 1 is 1.11 bits per heavy atom. The van der Waals surface area contributed by atoms with Crippen molar-refractivity contribution in [1.29, 1.82) is 0 Å². The second-order valence-electron chi connectivity index (χ2n) is 4.46. The number of rotatable bonds is 3. The Balaban J connectivity index is 2.18. The number of benzene rings is 2. The van der Waals surface area contributed by atoms with Crippen LogP contribution in [0.2, 0.25) is 0 Å². The van der Waals surface area contributed by atoms with E-state index in [1.807, 2.05) is 26.1 Å². The summed E-state index contributed by atoms with van der Waals surface area (Å²) < 4.78 is 12.9. The van der Waals surface area contributed by atoms with Crippen molar-refractivity contribution >= 4 is 11.4 Å². The van der Waals surface area contributed by atoms with Crippen LogP contribution in [-0.2, 0) is 6.54 Å². The third-order valence-corrected chi connectivity index (χ3v) is 3.16. The standard InChI is InChI=1S/C15H17FN2/c1-11-12(4-3-5-15(11)17)10-18(2)14-8-6-13(16)7-9-14/h3-9H,10,17H2,1-2H3. The summed E-state index contributed by atoms with van der Waals surface area (Å²) in [5.74, 6) is -0.215. The second kappa shape index (κ2) is 5.08. The van der Waals surface area contributed by atoms with Crippen LogP contribution < -0.4 is 10.6 Å². The van der Waals surface area contributed by atoms with E-state index in [-0.39, 0.29) is 5.82 Å². The van der Waals surface area contributed by atoms with E-state index in [1.54, 1.807) is 12.1 Å². The average Bonchev–Trinajstić information content (AvgIpc) is 2.36. The fraction of sp³-hybridized carbons (Fsp3) is 0.200. The summed E-state index contributed by atoms with van der Waals surface area (Å²) in [7, 11) is 1.98. The number of nitrogens with zero attached hydrogens (tertiary/aromatic N) is 1. The van der Waals surface area contributed by atoms with E-state index in [4.69, 9.17) is 5.73 Å². The Kier molecular flexibility index (Phi) is 3.51. The lowest BCUT2D eigenvalue weighted by atomic mass is 10.1. The molecule has 0 unspecified atom stereocenters. The zero-order chi connectivity index (χ0) is 13.1. The molecule has 2 aromatic carbocycles. The third kappa shape index (κ3) is 2.62. The summed E-state index contributed by atoms with van der Waals surface area (Å²) in [6.45, 7) is 2.77. The van der Waals surface area contributed by atoms with E-state index in [0.29, 0.717) is 0 Å². The molecule has 0 aromatic heterocycles. The Labute approximate surface area is 107 Å². The van der Waals surface area contributed by atoms with E-state index in [2.05, 4.69) is 11.0 Å². The molecule has 94 valence electrons. The van der Waals surface area contributed by atoms with Gasteiger partial charge in [0.15, 0.2) is 0 Å². The molecule has 0 spiro atoms. The van der Waals surface area contributed by atoms with Crippen molar-refractivity contribution in [3.8, 4) is 0 Å². The maximum absolute atomic E-state index is 12.9. The summed E-state index contributed by atoms with van der Waals surface area (Å²) in [5.41, 5.74) is 9.96. The molecule has 0 bridgehead atoms. The van der Waals surface area contributed by atoms with Crippen LogP contribution in [0, 0.1) is 12.7 Å². The lowest BCUT2D eigenvalue weighted by molar-refractivity contribution is 0.627. The normalized spacial score (nSPS) is 10.4. The number of anilines is 2. The van der Waals surface area contributed by atoms with Gasteiger partial charge in [-0.15, -0.1) is 0 Å². The van der Waals surface area contributed by atoms with E-state index in [1.165, 1.54) is 17.7 Å². The van der Waals surface area contributed by atoms with Crippen LogP contribution in [0.3, 0.4) is 0 Å². The highest BCUT2D eigenvalue weighted by atomic mass is 19.1. The van der Waals surface area contributed by atoms with Gasteiger partial charge in [-0.3, -0.25) is 0 Å². The highest BCUT2D eigenvalue weighted by Gasteiger charge is 2.06. The van der Waals surface area contributed by atoms with Gasteiger partial charge in [-0.1, -0.05) is 12.1 Å². The van der Waals surface area contributed by atoms with Crippen LogP contribution in [0.25, 0.3) is 0 Å².